The average Bonchev–Trinajstić information content (AvgIpc) is 3.47. The average molecular weight is 416 g/mol. The summed E-state index contributed by atoms with van der Waals surface area (Å²) in [4.78, 5) is 5.93. The van der Waals surface area contributed by atoms with Crippen molar-refractivity contribution in [1.82, 2.24) is 20.1 Å². The van der Waals surface area contributed by atoms with Crippen LogP contribution in [0.25, 0.3) is 33.5 Å². The zero-order valence-corrected chi connectivity index (χ0v) is 17.8. The smallest absolute Gasteiger partial charge is 0.315 e. The van der Waals surface area contributed by atoms with Crippen molar-refractivity contribution in [2.45, 2.75) is 32.1 Å². The molecule has 0 radical (unpaired) electrons. The normalized spacial score (nSPS) is 14.8. The molecule has 3 heterocycles. The fraction of sp³-hybridized carbons (Fsp3) is 0.360. The third kappa shape index (κ3) is 4.64. The van der Waals surface area contributed by atoms with Gasteiger partial charge in [-0.1, -0.05) is 41.9 Å². The maximum absolute atomic E-state index is 5.88. The van der Waals surface area contributed by atoms with Gasteiger partial charge in [-0.05, 0) is 69.1 Å². The number of hydrogen-bond acceptors (Lipinski definition) is 5. The minimum absolute atomic E-state index is 0.491. The number of H-pyrrole nitrogens is 1. The van der Waals surface area contributed by atoms with Crippen LogP contribution >= 0.6 is 0 Å². The van der Waals surface area contributed by atoms with Crippen molar-refractivity contribution in [1.29, 1.82) is 0 Å². The Morgan fingerprint density at radius 3 is 2.68 bits per heavy atom. The second kappa shape index (κ2) is 9.35. The number of nitrogens with zero attached hydrogens (tertiary/aromatic N) is 3. The predicted molar refractivity (Wildman–Crippen MR) is 125 cm³/mol. The van der Waals surface area contributed by atoms with E-state index in [4.69, 9.17) is 4.42 Å². The van der Waals surface area contributed by atoms with Crippen molar-refractivity contribution < 1.29 is 4.42 Å². The number of rotatable bonds is 8. The third-order valence-electron chi connectivity index (χ3n) is 6.06. The van der Waals surface area contributed by atoms with E-state index in [9.17, 15) is 0 Å². The van der Waals surface area contributed by atoms with Crippen molar-refractivity contribution >= 4 is 16.9 Å². The summed E-state index contributed by atoms with van der Waals surface area (Å²) in [5, 5.41) is 12.9. The first-order valence-corrected chi connectivity index (χ1v) is 11.3. The van der Waals surface area contributed by atoms with E-state index in [-0.39, 0.29) is 0 Å². The predicted octanol–water partition coefficient (Wildman–Crippen LogP) is 5.56. The van der Waals surface area contributed by atoms with Gasteiger partial charge in [-0.15, -0.1) is 5.10 Å². The largest absolute Gasteiger partial charge is 0.403 e. The van der Waals surface area contributed by atoms with Gasteiger partial charge in [-0.2, -0.15) is 0 Å². The molecule has 2 N–H and O–H groups in total. The molecule has 2 aromatic heterocycles. The molecular formula is C25H29N5O. The van der Waals surface area contributed by atoms with Gasteiger partial charge in [0.1, 0.15) is 0 Å². The Hall–Kier alpha value is -3.12. The lowest BCUT2D eigenvalue weighted by Gasteiger charge is -2.26. The summed E-state index contributed by atoms with van der Waals surface area (Å²) in [7, 11) is 0. The molecule has 0 bridgehead atoms. The van der Waals surface area contributed by atoms with Gasteiger partial charge in [0, 0.05) is 34.8 Å². The van der Waals surface area contributed by atoms with Crippen LogP contribution in [-0.4, -0.2) is 46.3 Å². The Labute approximate surface area is 182 Å². The van der Waals surface area contributed by atoms with Crippen molar-refractivity contribution in [3.63, 3.8) is 0 Å². The highest BCUT2D eigenvalue weighted by Gasteiger charge is 2.12. The molecule has 2 aromatic carbocycles. The van der Waals surface area contributed by atoms with E-state index in [0.29, 0.717) is 11.9 Å². The number of hydrogen-bond donors (Lipinski definition) is 2. The van der Waals surface area contributed by atoms with Gasteiger partial charge < -0.3 is 19.6 Å². The number of likely N-dealkylation sites (tertiary alicyclic amines) is 1. The Morgan fingerprint density at radius 2 is 1.81 bits per heavy atom. The number of fused-ring (bicyclic) bond motifs is 1. The first-order valence-electron chi connectivity index (χ1n) is 11.3. The van der Waals surface area contributed by atoms with E-state index in [1.807, 2.05) is 12.1 Å². The molecule has 1 aliphatic heterocycles. The van der Waals surface area contributed by atoms with Crippen molar-refractivity contribution in [2.24, 2.45) is 0 Å². The molecule has 0 atom stereocenters. The monoisotopic (exact) mass is 415 g/mol. The van der Waals surface area contributed by atoms with Gasteiger partial charge in [-0.25, -0.2) is 0 Å². The van der Waals surface area contributed by atoms with Crippen LogP contribution < -0.4 is 5.32 Å². The number of unbranched alkanes of at least 4 members (excludes halogenated alkanes) is 1. The van der Waals surface area contributed by atoms with Gasteiger partial charge in [0.2, 0.25) is 5.89 Å². The fourth-order valence-corrected chi connectivity index (χ4v) is 4.36. The van der Waals surface area contributed by atoms with E-state index in [1.165, 1.54) is 56.4 Å². The number of aromatic amines is 1. The van der Waals surface area contributed by atoms with Gasteiger partial charge in [0.05, 0.1) is 0 Å². The van der Waals surface area contributed by atoms with E-state index in [1.54, 1.807) is 0 Å². The number of benzene rings is 2. The minimum Gasteiger partial charge on any atom is -0.403 e. The van der Waals surface area contributed by atoms with Crippen LogP contribution in [0.1, 0.15) is 32.1 Å². The lowest BCUT2D eigenvalue weighted by molar-refractivity contribution is 0.225. The summed E-state index contributed by atoms with van der Waals surface area (Å²) >= 11 is 0. The van der Waals surface area contributed by atoms with Crippen LogP contribution in [0.15, 0.2) is 59.1 Å². The molecular weight excluding hydrogens is 386 g/mol. The topological polar surface area (TPSA) is 70.0 Å². The molecule has 31 heavy (non-hydrogen) atoms. The zero-order valence-electron chi connectivity index (χ0n) is 17.8. The van der Waals surface area contributed by atoms with Crippen molar-refractivity contribution in [2.75, 3.05) is 31.5 Å². The van der Waals surface area contributed by atoms with E-state index in [0.717, 1.165) is 29.4 Å². The molecule has 4 aromatic rings. The maximum atomic E-state index is 5.88. The number of aromatic nitrogens is 3. The highest BCUT2D eigenvalue weighted by atomic mass is 16.4. The molecule has 1 saturated heterocycles. The molecule has 0 saturated carbocycles. The molecule has 160 valence electrons. The molecule has 0 unspecified atom stereocenters. The zero-order chi connectivity index (χ0) is 20.9. The second-order valence-electron chi connectivity index (χ2n) is 8.28. The molecule has 5 rings (SSSR count). The summed E-state index contributed by atoms with van der Waals surface area (Å²) < 4.78 is 5.88. The van der Waals surface area contributed by atoms with E-state index >= 15 is 0 Å². The number of anilines is 1. The van der Waals surface area contributed by atoms with Gasteiger partial charge in [-0.3, -0.25) is 0 Å². The Bertz CT molecular complexity index is 1110. The summed E-state index contributed by atoms with van der Waals surface area (Å²) in [5.74, 6) is 0.540. The van der Waals surface area contributed by atoms with E-state index < -0.39 is 0 Å². The van der Waals surface area contributed by atoms with Crippen LogP contribution in [-0.2, 0) is 0 Å². The standard InChI is InChI=1S/C25H29N5O/c1-3-9-19(10-4-1)22-18-27-23-12-11-20(17-21(22)23)24-28-29-25(31-24)26-13-5-8-16-30-14-6-2-7-15-30/h1,3-4,9-12,17-18,27H,2,5-8,13-16H2,(H,26,29). The summed E-state index contributed by atoms with van der Waals surface area (Å²) in [6.07, 6.45) is 8.44. The fourth-order valence-electron chi connectivity index (χ4n) is 4.36. The third-order valence-corrected chi connectivity index (χ3v) is 6.06. The van der Waals surface area contributed by atoms with Crippen LogP contribution in [0.3, 0.4) is 0 Å². The maximum Gasteiger partial charge on any atom is 0.315 e. The van der Waals surface area contributed by atoms with Gasteiger partial charge in [0.15, 0.2) is 0 Å². The summed E-state index contributed by atoms with van der Waals surface area (Å²) in [6.45, 7) is 4.57. The highest BCUT2D eigenvalue weighted by molar-refractivity contribution is 5.97. The number of piperidine rings is 1. The second-order valence-corrected chi connectivity index (χ2v) is 8.28. The highest BCUT2D eigenvalue weighted by Crippen LogP contribution is 2.32. The quantitative estimate of drug-likeness (QED) is 0.369. The summed E-state index contributed by atoms with van der Waals surface area (Å²) in [6, 6.07) is 17.1. The lowest BCUT2D eigenvalue weighted by atomic mass is 10.0. The van der Waals surface area contributed by atoms with Crippen molar-refractivity contribution in [3.8, 4) is 22.6 Å². The Kier molecular flexibility index (Phi) is 5.98. The molecule has 0 spiro atoms. The molecule has 1 fully saturated rings. The van der Waals surface area contributed by atoms with E-state index in [2.05, 4.69) is 68.0 Å². The lowest BCUT2D eigenvalue weighted by Crippen LogP contribution is -2.30. The van der Waals surface area contributed by atoms with Gasteiger partial charge >= 0.3 is 6.01 Å². The van der Waals surface area contributed by atoms with Crippen LogP contribution in [0.4, 0.5) is 6.01 Å². The Morgan fingerprint density at radius 1 is 0.935 bits per heavy atom. The molecule has 6 heteroatoms. The molecule has 6 nitrogen and oxygen atoms in total. The minimum atomic E-state index is 0.491. The number of nitrogens with one attached hydrogen (secondary N) is 2. The molecule has 0 aliphatic carbocycles. The molecule has 1 aliphatic rings. The van der Waals surface area contributed by atoms with Crippen LogP contribution in [0.5, 0.6) is 0 Å². The SMILES string of the molecule is c1ccc(-c2c[nH]c3ccc(-c4nnc(NCCCCN5CCCCC5)o4)cc23)cc1. The first-order chi connectivity index (χ1) is 15.4. The Balaban J connectivity index is 1.21. The van der Waals surface area contributed by atoms with Crippen LogP contribution in [0, 0.1) is 0 Å². The first kappa shape index (κ1) is 19.8. The molecule has 0 amide bonds. The van der Waals surface area contributed by atoms with Crippen molar-refractivity contribution in [3.05, 3.63) is 54.7 Å². The van der Waals surface area contributed by atoms with Crippen LogP contribution in [0.2, 0.25) is 0 Å². The summed E-state index contributed by atoms with van der Waals surface area (Å²) in [5.41, 5.74) is 4.37. The van der Waals surface area contributed by atoms with Gasteiger partial charge in [0.25, 0.3) is 0 Å².